The van der Waals surface area contributed by atoms with Crippen LogP contribution in [0.15, 0.2) is 127 Å². The molecule has 0 N–H and O–H groups in total. The van der Waals surface area contributed by atoms with Crippen LogP contribution in [0.1, 0.15) is 83.2 Å². The van der Waals surface area contributed by atoms with Crippen molar-refractivity contribution in [2.24, 2.45) is 16.7 Å². The molecule has 2 aliphatic rings. The Morgan fingerprint density at radius 3 is 1.83 bits per heavy atom. The molecule has 0 amide bonds. The molecule has 3 atom stereocenters. The van der Waals surface area contributed by atoms with Gasteiger partial charge in [-0.05, 0) is 83.5 Å². The predicted molar refractivity (Wildman–Crippen MR) is 219 cm³/mol. The van der Waals surface area contributed by atoms with Crippen LogP contribution in [0.2, 0.25) is 0 Å². The Labute approximate surface area is 318 Å². The van der Waals surface area contributed by atoms with Crippen molar-refractivity contribution >= 4 is 33.5 Å². The highest BCUT2D eigenvalue weighted by molar-refractivity contribution is 6.06. The van der Waals surface area contributed by atoms with E-state index < -0.39 is 28.0 Å². The molecule has 54 heavy (non-hydrogen) atoms. The summed E-state index contributed by atoms with van der Waals surface area (Å²) in [5.41, 5.74) is 6.40. The SMILES string of the molecule is C=C(C)C(=O)OC1(C(C)(C)C)c2ccccc2-c2cccc3c(CC(C)C4(OC(=O)C(C)(C)C)c5ccccc5-c5cccc6cccc4c56)ccc1c23. The van der Waals surface area contributed by atoms with Crippen molar-refractivity contribution in [3.8, 4) is 22.3 Å². The highest BCUT2D eigenvalue weighted by Crippen LogP contribution is 2.58. The average molecular weight is 713 g/mol. The Morgan fingerprint density at radius 1 is 0.630 bits per heavy atom. The van der Waals surface area contributed by atoms with Gasteiger partial charge in [-0.3, -0.25) is 4.79 Å². The quantitative estimate of drug-likeness (QED) is 0.127. The van der Waals surface area contributed by atoms with Gasteiger partial charge in [0, 0.05) is 39.2 Å². The van der Waals surface area contributed by atoms with E-state index in [1.54, 1.807) is 6.92 Å². The molecular formula is C50H48O4. The third-order valence-corrected chi connectivity index (χ3v) is 11.8. The summed E-state index contributed by atoms with van der Waals surface area (Å²) < 4.78 is 13.7. The molecule has 6 aromatic carbocycles. The molecule has 6 aromatic rings. The maximum absolute atomic E-state index is 14.2. The fraction of sp³-hybridized carbons (Fsp3) is 0.280. The topological polar surface area (TPSA) is 52.6 Å². The van der Waals surface area contributed by atoms with Gasteiger partial charge >= 0.3 is 11.9 Å². The van der Waals surface area contributed by atoms with Crippen molar-refractivity contribution in [3.63, 3.8) is 0 Å². The molecule has 4 nitrogen and oxygen atoms in total. The lowest BCUT2D eigenvalue weighted by atomic mass is 9.62. The molecule has 8 rings (SSSR count). The lowest BCUT2D eigenvalue weighted by molar-refractivity contribution is -0.171. The molecule has 0 heterocycles. The molecule has 4 heteroatoms. The molecule has 0 radical (unpaired) electrons. The van der Waals surface area contributed by atoms with Crippen molar-refractivity contribution in [1.29, 1.82) is 0 Å². The monoisotopic (exact) mass is 712 g/mol. The minimum Gasteiger partial charge on any atom is -0.448 e. The summed E-state index contributed by atoms with van der Waals surface area (Å²) in [6.45, 7) is 20.0. The Kier molecular flexibility index (Phi) is 8.08. The predicted octanol–water partition coefficient (Wildman–Crippen LogP) is 12.1. The molecule has 0 saturated heterocycles. The van der Waals surface area contributed by atoms with Crippen LogP contribution in [0, 0.1) is 16.7 Å². The van der Waals surface area contributed by atoms with Crippen molar-refractivity contribution in [1.82, 2.24) is 0 Å². The maximum Gasteiger partial charge on any atom is 0.334 e. The number of hydrogen-bond donors (Lipinski definition) is 0. The van der Waals surface area contributed by atoms with E-state index in [1.165, 1.54) is 0 Å². The van der Waals surface area contributed by atoms with Gasteiger partial charge in [-0.2, -0.15) is 0 Å². The summed E-state index contributed by atoms with van der Waals surface area (Å²) >= 11 is 0. The second-order valence-electron chi connectivity index (χ2n) is 17.4. The first-order valence-corrected chi connectivity index (χ1v) is 19.0. The van der Waals surface area contributed by atoms with E-state index in [9.17, 15) is 9.59 Å². The summed E-state index contributed by atoms with van der Waals surface area (Å²) in [4.78, 5) is 27.8. The molecule has 0 spiro atoms. The third-order valence-electron chi connectivity index (χ3n) is 11.8. The van der Waals surface area contributed by atoms with Crippen molar-refractivity contribution < 1.29 is 19.1 Å². The molecule has 0 fully saturated rings. The summed E-state index contributed by atoms with van der Waals surface area (Å²) in [7, 11) is 0. The summed E-state index contributed by atoms with van der Waals surface area (Å²) in [6, 6.07) is 40.4. The lowest BCUT2D eigenvalue weighted by Crippen LogP contribution is -2.47. The van der Waals surface area contributed by atoms with Crippen molar-refractivity contribution in [2.45, 2.75) is 73.0 Å². The van der Waals surface area contributed by atoms with Gasteiger partial charge in [0.1, 0.15) is 0 Å². The number of ether oxygens (including phenoxy) is 2. The van der Waals surface area contributed by atoms with Gasteiger partial charge in [0.2, 0.25) is 0 Å². The van der Waals surface area contributed by atoms with E-state index in [0.717, 1.165) is 71.6 Å². The zero-order valence-corrected chi connectivity index (χ0v) is 32.6. The van der Waals surface area contributed by atoms with Crippen LogP contribution in [0.4, 0.5) is 0 Å². The lowest BCUT2D eigenvalue weighted by Gasteiger charge is -2.48. The van der Waals surface area contributed by atoms with E-state index in [-0.39, 0.29) is 11.9 Å². The first-order valence-electron chi connectivity index (χ1n) is 19.0. The molecule has 3 unspecified atom stereocenters. The smallest absolute Gasteiger partial charge is 0.334 e. The number of esters is 2. The molecule has 0 aromatic heterocycles. The fourth-order valence-corrected chi connectivity index (χ4v) is 9.21. The highest BCUT2D eigenvalue weighted by atomic mass is 16.6. The van der Waals surface area contributed by atoms with Crippen LogP contribution in [0.25, 0.3) is 43.8 Å². The first kappa shape index (κ1) is 35.5. The van der Waals surface area contributed by atoms with Crippen LogP contribution in [0.5, 0.6) is 0 Å². The van der Waals surface area contributed by atoms with Crippen molar-refractivity contribution in [3.05, 3.63) is 155 Å². The summed E-state index contributed by atoms with van der Waals surface area (Å²) in [5.74, 6) is -0.855. The van der Waals surface area contributed by atoms with Crippen LogP contribution >= 0.6 is 0 Å². The second-order valence-corrected chi connectivity index (χ2v) is 17.4. The van der Waals surface area contributed by atoms with E-state index in [2.05, 4.69) is 143 Å². The number of carbonyl (C=O) groups excluding carboxylic acids is 2. The Morgan fingerprint density at radius 2 is 1.19 bits per heavy atom. The van der Waals surface area contributed by atoms with Crippen LogP contribution in [0.3, 0.4) is 0 Å². The standard InChI is InChI=1S/C50H48O4/c1-30(2)45(51)53-50(48(7,8)9)40-25-13-11-20-36(40)38-23-16-21-34-33(27-28-42(50)44(34)38)29-31(3)49(54-46(52)47(4,5)6)39-24-12-10-19-35(39)37-22-14-17-32-18-15-26-41(49)43(32)37/h10-28,31H,1,29H2,2-9H3. The number of carbonyl (C=O) groups is 2. The van der Waals surface area contributed by atoms with Gasteiger partial charge in [-0.1, -0.05) is 150 Å². The second kappa shape index (κ2) is 12.3. The highest BCUT2D eigenvalue weighted by Gasteiger charge is 2.54. The number of rotatable bonds is 6. The minimum absolute atomic E-state index is 0.189. The van der Waals surface area contributed by atoms with Gasteiger partial charge < -0.3 is 9.47 Å². The van der Waals surface area contributed by atoms with E-state index >= 15 is 0 Å². The van der Waals surface area contributed by atoms with Crippen LogP contribution < -0.4 is 0 Å². The van der Waals surface area contributed by atoms with Crippen LogP contribution in [-0.2, 0) is 36.7 Å². The fourth-order valence-electron chi connectivity index (χ4n) is 9.21. The zero-order chi connectivity index (χ0) is 38.4. The Bertz CT molecular complexity index is 2540. The Hall–Kier alpha value is -5.48. The third kappa shape index (κ3) is 5.02. The number of benzene rings is 6. The first-order chi connectivity index (χ1) is 25.6. The van der Waals surface area contributed by atoms with Gasteiger partial charge in [0.25, 0.3) is 0 Å². The Balaban J connectivity index is 1.38. The van der Waals surface area contributed by atoms with E-state index in [4.69, 9.17) is 9.47 Å². The van der Waals surface area contributed by atoms with Gasteiger partial charge in [-0.15, -0.1) is 0 Å². The summed E-state index contributed by atoms with van der Waals surface area (Å²) in [5, 5.41) is 4.40. The zero-order valence-electron chi connectivity index (χ0n) is 32.6. The van der Waals surface area contributed by atoms with Gasteiger partial charge in [-0.25, -0.2) is 4.79 Å². The largest absolute Gasteiger partial charge is 0.448 e. The average Bonchev–Trinajstić information content (AvgIpc) is 3.14. The van der Waals surface area contributed by atoms with Crippen molar-refractivity contribution in [2.75, 3.05) is 0 Å². The minimum atomic E-state index is -1.08. The maximum atomic E-state index is 14.2. The molecular weight excluding hydrogens is 665 g/mol. The van der Waals surface area contributed by atoms with E-state index in [0.29, 0.717) is 12.0 Å². The van der Waals surface area contributed by atoms with Crippen LogP contribution in [-0.4, -0.2) is 11.9 Å². The molecule has 0 saturated carbocycles. The van der Waals surface area contributed by atoms with E-state index in [1.807, 2.05) is 26.8 Å². The van der Waals surface area contributed by atoms with Gasteiger partial charge in [0.05, 0.1) is 5.41 Å². The number of fused-ring (bicyclic) bond motifs is 4. The summed E-state index contributed by atoms with van der Waals surface area (Å²) in [6.07, 6.45) is 0.611. The molecule has 0 aliphatic heterocycles. The molecule has 2 aliphatic carbocycles. The number of hydrogen-bond acceptors (Lipinski definition) is 4. The normalized spacial score (nSPS) is 19.1. The molecule has 0 bridgehead atoms. The van der Waals surface area contributed by atoms with Gasteiger partial charge in [0.15, 0.2) is 11.2 Å². The molecule has 272 valence electrons.